The fourth-order valence-corrected chi connectivity index (χ4v) is 6.52. The van der Waals surface area contributed by atoms with E-state index in [9.17, 15) is 23.1 Å². The summed E-state index contributed by atoms with van der Waals surface area (Å²) in [5, 5.41) is 16.1. The molecule has 3 aromatic carbocycles. The van der Waals surface area contributed by atoms with E-state index in [4.69, 9.17) is 0 Å². The van der Waals surface area contributed by atoms with Crippen LogP contribution in [0.25, 0.3) is 0 Å². The summed E-state index contributed by atoms with van der Waals surface area (Å²) in [7, 11) is -3.95. The molecule has 10 heteroatoms. The summed E-state index contributed by atoms with van der Waals surface area (Å²) in [6.45, 7) is 7.92. The van der Waals surface area contributed by atoms with Gasteiger partial charge in [-0.05, 0) is 41.5 Å². The Morgan fingerprint density at radius 3 is 1.86 bits per heavy atom. The Morgan fingerprint density at radius 1 is 0.773 bits per heavy atom. The molecule has 0 saturated heterocycles. The topological polar surface area (TPSA) is 119 Å². The number of nitrogens with zero attached hydrogens (tertiary/aromatic N) is 2. The minimum Gasteiger partial charge on any atom is -0.390 e. The van der Waals surface area contributed by atoms with Gasteiger partial charge < -0.3 is 10.4 Å². The Morgan fingerprint density at radius 2 is 1.32 bits per heavy atom. The van der Waals surface area contributed by atoms with Gasteiger partial charge in [-0.2, -0.15) is 4.31 Å². The third-order valence-corrected chi connectivity index (χ3v) is 8.80. The van der Waals surface area contributed by atoms with Gasteiger partial charge in [0.2, 0.25) is 15.9 Å². The van der Waals surface area contributed by atoms with E-state index in [-0.39, 0.29) is 55.1 Å². The van der Waals surface area contributed by atoms with Crippen molar-refractivity contribution >= 4 is 21.8 Å². The molecule has 0 heterocycles. The number of hydrogen-bond donors (Lipinski definition) is 3. The van der Waals surface area contributed by atoms with Gasteiger partial charge in [0.1, 0.15) is 0 Å². The van der Waals surface area contributed by atoms with Crippen LogP contribution in [0, 0.1) is 11.8 Å². The van der Waals surface area contributed by atoms with Gasteiger partial charge in [0.25, 0.3) is 5.91 Å². The number of sulfonamides is 1. The molecule has 2 amide bonds. The van der Waals surface area contributed by atoms with E-state index in [0.717, 1.165) is 11.1 Å². The average Bonchev–Trinajstić information content (AvgIpc) is 2.99. The molecule has 0 aromatic heterocycles. The van der Waals surface area contributed by atoms with Gasteiger partial charge in [0, 0.05) is 26.1 Å². The van der Waals surface area contributed by atoms with Crippen molar-refractivity contribution in [2.45, 2.75) is 64.1 Å². The highest BCUT2D eigenvalue weighted by Gasteiger charge is 2.36. The molecule has 0 saturated carbocycles. The first-order valence-electron chi connectivity index (χ1n) is 15.1. The standard InChI is InChI=1S/C34H46N4O5S/c1-26(2)20-34(41)38(36-33(40)23-35-22-29-16-10-6-11-17-29)31(21-28-14-8-5-9-15-28)32(39)25-37(24-27(3)4)44(42,43)30-18-12-7-13-19-30/h5-19,26-27,31-32,35,39H,20-25H2,1-4H3,(H,36,40)/t31?,32-/m1/s1. The third-order valence-electron chi connectivity index (χ3n) is 6.96. The number of rotatable bonds is 16. The first kappa shape index (κ1) is 34.9. The summed E-state index contributed by atoms with van der Waals surface area (Å²) in [5.41, 5.74) is 4.59. The molecule has 0 radical (unpaired) electrons. The van der Waals surface area contributed by atoms with Gasteiger partial charge in [-0.3, -0.25) is 15.0 Å². The van der Waals surface area contributed by atoms with Crippen LogP contribution < -0.4 is 10.7 Å². The lowest BCUT2D eigenvalue weighted by molar-refractivity contribution is -0.148. The number of amides is 2. The van der Waals surface area contributed by atoms with Gasteiger partial charge >= 0.3 is 0 Å². The molecule has 3 aromatic rings. The zero-order chi connectivity index (χ0) is 32.1. The van der Waals surface area contributed by atoms with E-state index in [1.165, 1.54) is 21.4 Å². The highest BCUT2D eigenvalue weighted by atomic mass is 32.2. The molecule has 2 atom stereocenters. The minimum atomic E-state index is -3.95. The van der Waals surface area contributed by atoms with Crippen LogP contribution in [0.4, 0.5) is 0 Å². The Balaban J connectivity index is 1.91. The summed E-state index contributed by atoms with van der Waals surface area (Å²) >= 11 is 0. The molecule has 238 valence electrons. The number of hydrazine groups is 1. The number of carbonyl (C=O) groups excluding carboxylic acids is 2. The summed E-state index contributed by atoms with van der Waals surface area (Å²) in [6, 6.07) is 26.1. The summed E-state index contributed by atoms with van der Waals surface area (Å²) in [6.07, 6.45) is -0.987. The monoisotopic (exact) mass is 622 g/mol. The van der Waals surface area contributed by atoms with Gasteiger partial charge in [-0.1, -0.05) is 107 Å². The average molecular weight is 623 g/mol. The number of carbonyl (C=O) groups is 2. The second-order valence-electron chi connectivity index (χ2n) is 11.8. The number of aliphatic hydroxyl groups excluding tert-OH is 1. The Hall–Kier alpha value is -3.57. The molecule has 3 rings (SSSR count). The van der Waals surface area contributed by atoms with E-state index in [0.29, 0.717) is 6.54 Å². The quantitative estimate of drug-likeness (QED) is 0.208. The maximum atomic E-state index is 13.7. The zero-order valence-corrected chi connectivity index (χ0v) is 26.9. The maximum Gasteiger partial charge on any atom is 0.252 e. The Labute approximate surface area is 262 Å². The van der Waals surface area contributed by atoms with Gasteiger partial charge in [0.15, 0.2) is 0 Å². The smallest absolute Gasteiger partial charge is 0.252 e. The number of hydrogen-bond acceptors (Lipinski definition) is 6. The number of nitrogens with one attached hydrogen (secondary N) is 2. The lowest BCUT2D eigenvalue weighted by atomic mass is 9.99. The van der Waals surface area contributed by atoms with Crippen molar-refractivity contribution in [3.05, 3.63) is 102 Å². The summed E-state index contributed by atoms with van der Waals surface area (Å²) < 4.78 is 28.7. The normalized spacial score (nSPS) is 13.2. The Bertz CT molecular complexity index is 1400. The SMILES string of the molecule is CC(C)CC(=O)N(NC(=O)CNCc1ccccc1)C(Cc1ccccc1)[C@H](O)CN(CC(C)C)S(=O)(=O)c1ccccc1. The van der Waals surface area contributed by atoms with Crippen LogP contribution in [0.2, 0.25) is 0 Å². The van der Waals surface area contributed by atoms with Crippen molar-refractivity contribution in [3.63, 3.8) is 0 Å². The maximum absolute atomic E-state index is 13.7. The van der Waals surface area contributed by atoms with Crippen molar-refractivity contribution in [2.75, 3.05) is 19.6 Å². The molecule has 9 nitrogen and oxygen atoms in total. The first-order chi connectivity index (χ1) is 21.0. The van der Waals surface area contributed by atoms with Crippen molar-refractivity contribution in [1.82, 2.24) is 20.1 Å². The minimum absolute atomic E-state index is 0.0106. The van der Waals surface area contributed by atoms with E-state index in [1.807, 2.05) is 88.4 Å². The van der Waals surface area contributed by atoms with Gasteiger partial charge in [-0.15, -0.1) is 0 Å². The molecule has 0 bridgehead atoms. The van der Waals surface area contributed by atoms with Crippen LogP contribution in [0.1, 0.15) is 45.2 Å². The summed E-state index contributed by atoms with van der Waals surface area (Å²) in [4.78, 5) is 26.9. The molecule has 0 spiro atoms. The molecule has 0 fully saturated rings. The molecule has 0 aliphatic carbocycles. The predicted octanol–water partition coefficient (Wildman–Crippen LogP) is 4.00. The molecule has 0 aliphatic heterocycles. The third kappa shape index (κ3) is 10.9. The van der Waals surface area contributed by atoms with E-state index < -0.39 is 28.1 Å². The van der Waals surface area contributed by atoms with Gasteiger partial charge in [0.05, 0.1) is 23.6 Å². The van der Waals surface area contributed by atoms with E-state index in [2.05, 4.69) is 10.7 Å². The Kier molecular flexibility index (Phi) is 13.5. The molecule has 3 N–H and O–H groups in total. The van der Waals surface area contributed by atoms with Crippen molar-refractivity contribution in [1.29, 1.82) is 0 Å². The van der Waals surface area contributed by atoms with Crippen molar-refractivity contribution in [3.8, 4) is 0 Å². The van der Waals surface area contributed by atoms with Crippen LogP contribution in [-0.4, -0.2) is 66.4 Å². The van der Waals surface area contributed by atoms with Crippen LogP contribution in [-0.2, 0) is 32.6 Å². The number of aliphatic hydroxyl groups is 1. The van der Waals surface area contributed by atoms with Crippen molar-refractivity contribution in [2.24, 2.45) is 11.8 Å². The molecule has 0 aliphatic rings. The second kappa shape index (κ2) is 17.1. The lowest BCUT2D eigenvalue weighted by Crippen LogP contribution is -2.60. The van der Waals surface area contributed by atoms with Gasteiger partial charge in [-0.25, -0.2) is 13.4 Å². The van der Waals surface area contributed by atoms with Crippen molar-refractivity contribution < 1.29 is 23.1 Å². The molecular formula is C34H46N4O5S. The van der Waals surface area contributed by atoms with Crippen LogP contribution >= 0.6 is 0 Å². The van der Waals surface area contributed by atoms with E-state index in [1.54, 1.807) is 18.2 Å². The van der Waals surface area contributed by atoms with Crippen LogP contribution in [0.15, 0.2) is 95.9 Å². The fraction of sp³-hybridized carbons (Fsp3) is 0.412. The van der Waals surface area contributed by atoms with E-state index >= 15 is 0 Å². The second-order valence-corrected chi connectivity index (χ2v) is 13.8. The lowest BCUT2D eigenvalue weighted by Gasteiger charge is -2.37. The van der Waals surface area contributed by atoms with Crippen LogP contribution in [0.3, 0.4) is 0 Å². The fourth-order valence-electron chi connectivity index (χ4n) is 4.87. The molecular weight excluding hydrogens is 576 g/mol. The first-order valence-corrected chi connectivity index (χ1v) is 16.5. The number of benzene rings is 3. The highest BCUT2D eigenvalue weighted by molar-refractivity contribution is 7.89. The van der Waals surface area contributed by atoms with Crippen LogP contribution in [0.5, 0.6) is 0 Å². The highest BCUT2D eigenvalue weighted by Crippen LogP contribution is 2.21. The largest absolute Gasteiger partial charge is 0.390 e. The molecule has 44 heavy (non-hydrogen) atoms. The summed E-state index contributed by atoms with van der Waals surface area (Å²) in [5.74, 6) is -0.845. The molecule has 1 unspecified atom stereocenters. The zero-order valence-electron chi connectivity index (χ0n) is 26.1. The predicted molar refractivity (Wildman–Crippen MR) is 173 cm³/mol.